The molecular formula is C7H15NO2. The Hall–Kier alpha value is -0.120. The number of hydrogen-bond donors (Lipinski definition) is 2. The van der Waals surface area contributed by atoms with Crippen LogP contribution in [0.3, 0.4) is 0 Å². The van der Waals surface area contributed by atoms with Gasteiger partial charge in [0, 0.05) is 6.04 Å². The van der Waals surface area contributed by atoms with Crippen LogP contribution < -0.4 is 5.73 Å². The minimum Gasteiger partial charge on any atom is -0.396 e. The van der Waals surface area contributed by atoms with Gasteiger partial charge in [0.1, 0.15) is 0 Å². The van der Waals surface area contributed by atoms with Crippen molar-refractivity contribution in [2.45, 2.75) is 19.4 Å². The van der Waals surface area contributed by atoms with Crippen molar-refractivity contribution in [3.8, 4) is 0 Å². The molecule has 0 aromatic carbocycles. The molecule has 3 nitrogen and oxygen atoms in total. The molecule has 1 fully saturated rings. The lowest BCUT2D eigenvalue weighted by atomic mass is 9.78. The van der Waals surface area contributed by atoms with E-state index in [4.69, 9.17) is 15.6 Å². The SMILES string of the molecule is CCC(N)C1(CO)COC1. The van der Waals surface area contributed by atoms with Crippen molar-refractivity contribution in [3.63, 3.8) is 0 Å². The number of aliphatic hydroxyl groups is 1. The molecule has 1 atom stereocenters. The summed E-state index contributed by atoms with van der Waals surface area (Å²) in [5.74, 6) is 0. The number of hydrogen-bond acceptors (Lipinski definition) is 3. The van der Waals surface area contributed by atoms with Crippen molar-refractivity contribution in [1.29, 1.82) is 0 Å². The molecule has 0 aliphatic carbocycles. The standard InChI is InChI=1S/C7H15NO2/c1-2-6(8)7(3-9)4-10-5-7/h6,9H,2-5,8H2,1H3. The summed E-state index contributed by atoms with van der Waals surface area (Å²) in [4.78, 5) is 0. The fourth-order valence-corrected chi connectivity index (χ4v) is 1.22. The summed E-state index contributed by atoms with van der Waals surface area (Å²) in [6.45, 7) is 3.43. The van der Waals surface area contributed by atoms with E-state index in [9.17, 15) is 0 Å². The lowest BCUT2D eigenvalue weighted by Crippen LogP contribution is -2.57. The maximum Gasteiger partial charge on any atom is 0.0582 e. The minimum atomic E-state index is -0.116. The Balaban J connectivity index is 2.46. The molecule has 0 amide bonds. The van der Waals surface area contributed by atoms with Gasteiger partial charge in [0.2, 0.25) is 0 Å². The molecule has 10 heavy (non-hydrogen) atoms. The molecular weight excluding hydrogens is 130 g/mol. The molecule has 0 radical (unpaired) electrons. The molecule has 0 aromatic rings. The average molecular weight is 145 g/mol. The summed E-state index contributed by atoms with van der Waals surface area (Å²) in [6.07, 6.45) is 0.907. The number of rotatable bonds is 3. The van der Waals surface area contributed by atoms with E-state index in [1.807, 2.05) is 6.92 Å². The second-order valence-electron chi connectivity index (χ2n) is 3.03. The van der Waals surface area contributed by atoms with Gasteiger partial charge in [-0.05, 0) is 6.42 Å². The fraction of sp³-hybridized carbons (Fsp3) is 1.00. The lowest BCUT2D eigenvalue weighted by Gasteiger charge is -2.44. The van der Waals surface area contributed by atoms with E-state index in [1.54, 1.807) is 0 Å². The maximum absolute atomic E-state index is 8.98. The Morgan fingerprint density at radius 3 is 2.40 bits per heavy atom. The van der Waals surface area contributed by atoms with Gasteiger partial charge < -0.3 is 15.6 Å². The number of ether oxygens (including phenoxy) is 1. The van der Waals surface area contributed by atoms with Gasteiger partial charge in [0.25, 0.3) is 0 Å². The highest BCUT2D eigenvalue weighted by atomic mass is 16.5. The van der Waals surface area contributed by atoms with Crippen molar-refractivity contribution in [2.75, 3.05) is 19.8 Å². The van der Waals surface area contributed by atoms with Gasteiger partial charge in [-0.1, -0.05) is 6.92 Å². The molecule has 0 aromatic heterocycles. The van der Waals surface area contributed by atoms with Crippen LogP contribution in [0.25, 0.3) is 0 Å². The van der Waals surface area contributed by atoms with Gasteiger partial charge in [-0.2, -0.15) is 0 Å². The van der Waals surface area contributed by atoms with Crippen LogP contribution in [-0.4, -0.2) is 31.0 Å². The van der Waals surface area contributed by atoms with Crippen molar-refractivity contribution in [1.82, 2.24) is 0 Å². The summed E-state index contributed by atoms with van der Waals surface area (Å²) in [5.41, 5.74) is 5.67. The van der Waals surface area contributed by atoms with Gasteiger partial charge in [-0.25, -0.2) is 0 Å². The minimum absolute atomic E-state index is 0.0891. The Morgan fingerprint density at radius 1 is 1.70 bits per heavy atom. The van der Waals surface area contributed by atoms with E-state index in [0.29, 0.717) is 13.2 Å². The zero-order valence-electron chi connectivity index (χ0n) is 6.34. The summed E-state index contributed by atoms with van der Waals surface area (Å²) < 4.78 is 5.01. The zero-order valence-corrected chi connectivity index (χ0v) is 6.34. The predicted octanol–water partition coefficient (Wildman–Crippen LogP) is -0.267. The molecule has 0 spiro atoms. The Labute approximate surface area is 61.2 Å². The van der Waals surface area contributed by atoms with E-state index in [-0.39, 0.29) is 18.1 Å². The summed E-state index contributed by atoms with van der Waals surface area (Å²) >= 11 is 0. The molecule has 3 N–H and O–H groups in total. The molecule has 3 heteroatoms. The first-order valence-electron chi connectivity index (χ1n) is 3.69. The fourth-order valence-electron chi connectivity index (χ4n) is 1.22. The second-order valence-corrected chi connectivity index (χ2v) is 3.03. The molecule has 1 saturated heterocycles. The van der Waals surface area contributed by atoms with Crippen LogP contribution in [0, 0.1) is 5.41 Å². The third-order valence-corrected chi connectivity index (χ3v) is 2.32. The van der Waals surface area contributed by atoms with Crippen LogP contribution in [-0.2, 0) is 4.74 Å². The van der Waals surface area contributed by atoms with Gasteiger partial charge in [-0.15, -0.1) is 0 Å². The summed E-state index contributed by atoms with van der Waals surface area (Å²) in [5, 5.41) is 8.98. The third kappa shape index (κ3) is 1.05. The summed E-state index contributed by atoms with van der Waals surface area (Å²) in [7, 11) is 0. The van der Waals surface area contributed by atoms with E-state index in [1.165, 1.54) is 0 Å². The number of aliphatic hydroxyl groups excluding tert-OH is 1. The average Bonchev–Trinajstić information content (AvgIpc) is 1.86. The van der Waals surface area contributed by atoms with Gasteiger partial charge in [-0.3, -0.25) is 0 Å². The molecule has 0 saturated carbocycles. The monoisotopic (exact) mass is 145 g/mol. The highest BCUT2D eigenvalue weighted by Gasteiger charge is 2.42. The summed E-state index contributed by atoms with van der Waals surface area (Å²) in [6, 6.07) is 0.0891. The topological polar surface area (TPSA) is 55.5 Å². The van der Waals surface area contributed by atoms with E-state index >= 15 is 0 Å². The first-order valence-corrected chi connectivity index (χ1v) is 3.69. The van der Waals surface area contributed by atoms with Crippen molar-refractivity contribution >= 4 is 0 Å². The van der Waals surface area contributed by atoms with Crippen LogP contribution in [0.1, 0.15) is 13.3 Å². The first kappa shape index (κ1) is 7.98. The normalized spacial score (nSPS) is 25.5. The van der Waals surface area contributed by atoms with Gasteiger partial charge >= 0.3 is 0 Å². The zero-order chi connectivity index (χ0) is 7.61. The first-order chi connectivity index (χ1) is 4.75. The smallest absolute Gasteiger partial charge is 0.0582 e. The molecule has 0 bridgehead atoms. The lowest BCUT2D eigenvalue weighted by molar-refractivity contribution is -0.149. The maximum atomic E-state index is 8.98. The van der Waals surface area contributed by atoms with Crippen LogP contribution in [0.15, 0.2) is 0 Å². The van der Waals surface area contributed by atoms with Crippen LogP contribution in [0.2, 0.25) is 0 Å². The Bertz CT molecular complexity index is 107. The van der Waals surface area contributed by atoms with E-state index < -0.39 is 0 Å². The predicted molar refractivity (Wildman–Crippen MR) is 38.6 cm³/mol. The van der Waals surface area contributed by atoms with Crippen molar-refractivity contribution in [3.05, 3.63) is 0 Å². The van der Waals surface area contributed by atoms with Crippen LogP contribution >= 0.6 is 0 Å². The molecule has 1 rings (SSSR count). The number of nitrogens with two attached hydrogens (primary N) is 1. The highest BCUT2D eigenvalue weighted by Crippen LogP contribution is 2.30. The van der Waals surface area contributed by atoms with Crippen molar-refractivity contribution in [2.24, 2.45) is 11.1 Å². The van der Waals surface area contributed by atoms with Gasteiger partial charge in [0.05, 0.1) is 25.2 Å². The molecule has 60 valence electrons. The molecule has 1 heterocycles. The van der Waals surface area contributed by atoms with E-state index in [2.05, 4.69) is 0 Å². The quantitative estimate of drug-likeness (QED) is 0.575. The van der Waals surface area contributed by atoms with Crippen molar-refractivity contribution < 1.29 is 9.84 Å². The highest BCUT2D eigenvalue weighted by molar-refractivity contribution is 4.93. The largest absolute Gasteiger partial charge is 0.396 e. The second kappa shape index (κ2) is 2.86. The Morgan fingerprint density at radius 2 is 2.30 bits per heavy atom. The van der Waals surface area contributed by atoms with Crippen LogP contribution in [0.4, 0.5) is 0 Å². The Kier molecular flexibility index (Phi) is 2.28. The molecule has 1 aliphatic heterocycles. The van der Waals surface area contributed by atoms with Crippen LogP contribution in [0.5, 0.6) is 0 Å². The van der Waals surface area contributed by atoms with E-state index in [0.717, 1.165) is 6.42 Å². The molecule has 1 unspecified atom stereocenters. The third-order valence-electron chi connectivity index (χ3n) is 2.32. The van der Waals surface area contributed by atoms with Gasteiger partial charge in [0.15, 0.2) is 0 Å². The molecule has 1 aliphatic rings.